The van der Waals surface area contributed by atoms with Crippen molar-refractivity contribution in [2.45, 2.75) is 0 Å². The van der Waals surface area contributed by atoms with Crippen LogP contribution in [-0.4, -0.2) is 11.1 Å². The van der Waals surface area contributed by atoms with Gasteiger partial charge in [0.2, 0.25) is 0 Å². The summed E-state index contributed by atoms with van der Waals surface area (Å²) in [6.45, 7) is 0. The van der Waals surface area contributed by atoms with Gasteiger partial charge in [-0.1, -0.05) is 47.9 Å². The average Bonchev–Trinajstić information content (AvgIpc) is 2.58. The van der Waals surface area contributed by atoms with Gasteiger partial charge in [0.05, 0.1) is 11.1 Å². The first-order chi connectivity index (χ1) is 11.2. The summed E-state index contributed by atoms with van der Waals surface area (Å²) in [4.78, 5) is 11.0. The van der Waals surface area contributed by atoms with Gasteiger partial charge in [0.15, 0.2) is 0 Å². The summed E-state index contributed by atoms with van der Waals surface area (Å²) in [6, 6.07) is 15.7. The molecule has 0 aromatic heterocycles. The van der Waals surface area contributed by atoms with E-state index in [1.165, 1.54) is 6.07 Å². The smallest absolute Gasteiger partial charge is 0.336 e. The second-order valence-corrected chi connectivity index (χ2v) is 4.38. The number of nitrogens with zero attached hydrogens (tertiary/aromatic N) is 1. The van der Waals surface area contributed by atoms with Gasteiger partial charge in [-0.2, -0.15) is 5.26 Å². The van der Waals surface area contributed by atoms with Crippen LogP contribution in [0.5, 0.6) is 0 Å². The van der Waals surface area contributed by atoms with Gasteiger partial charge in [0.25, 0.3) is 0 Å². The predicted octanol–water partition coefficient (Wildman–Crippen LogP) is 3.22. The molecule has 0 atom stereocenters. The topological polar surface area (TPSA) is 61.1 Å². The third-order valence-corrected chi connectivity index (χ3v) is 2.87. The Morgan fingerprint density at radius 1 is 0.870 bits per heavy atom. The molecule has 0 saturated heterocycles. The van der Waals surface area contributed by atoms with Crippen molar-refractivity contribution in [1.82, 2.24) is 0 Å². The Morgan fingerprint density at radius 2 is 1.39 bits per heavy atom. The molecule has 0 aliphatic rings. The lowest BCUT2D eigenvalue weighted by Gasteiger charge is -1.96. The zero-order chi connectivity index (χ0) is 16.5. The third-order valence-electron chi connectivity index (χ3n) is 2.87. The quantitative estimate of drug-likeness (QED) is 0.822. The van der Waals surface area contributed by atoms with Gasteiger partial charge in [-0.25, -0.2) is 4.79 Å². The Hall–Kier alpha value is -3.74. The van der Waals surface area contributed by atoms with Crippen LogP contribution in [0.2, 0.25) is 0 Å². The molecule has 0 bridgehead atoms. The SMILES string of the molecule is N#Cc1ccccc1C#CC=CC#Cc1ccccc1C(=O)O. The summed E-state index contributed by atoms with van der Waals surface area (Å²) in [7, 11) is 0. The molecule has 0 amide bonds. The van der Waals surface area contributed by atoms with E-state index in [0.717, 1.165) is 0 Å². The van der Waals surface area contributed by atoms with Crippen LogP contribution in [0, 0.1) is 35.0 Å². The molecule has 1 N–H and O–H groups in total. The van der Waals surface area contributed by atoms with Crippen molar-refractivity contribution in [2.24, 2.45) is 0 Å². The molecule has 0 fully saturated rings. The molecular formula is C20H11NO2. The Balaban J connectivity index is 2.12. The highest BCUT2D eigenvalue weighted by Gasteiger charge is 2.05. The summed E-state index contributed by atoms with van der Waals surface area (Å²) in [5.41, 5.74) is 1.80. The Morgan fingerprint density at radius 3 is 2.00 bits per heavy atom. The maximum Gasteiger partial charge on any atom is 0.336 e. The maximum absolute atomic E-state index is 11.0. The first kappa shape index (κ1) is 15.6. The Bertz CT molecular complexity index is 926. The van der Waals surface area contributed by atoms with Gasteiger partial charge in [-0.05, 0) is 36.4 Å². The zero-order valence-electron chi connectivity index (χ0n) is 12.1. The van der Waals surface area contributed by atoms with Crippen LogP contribution in [0.3, 0.4) is 0 Å². The highest BCUT2D eigenvalue weighted by atomic mass is 16.4. The van der Waals surface area contributed by atoms with Crippen molar-refractivity contribution in [3.8, 4) is 29.8 Å². The number of nitriles is 1. The summed E-state index contributed by atoms with van der Waals surface area (Å²) in [6.07, 6.45) is 3.10. The molecule has 108 valence electrons. The first-order valence-electron chi connectivity index (χ1n) is 6.72. The summed E-state index contributed by atoms with van der Waals surface area (Å²) in [5, 5.41) is 18.0. The molecule has 0 radical (unpaired) electrons. The minimum Gasteiger partial charge on any atom is -0.478 e. The van der Waals surface area contributed by atoms with E-state index in [2.05, 4.69) is 29.8 Å². The van der Waals surface area contributed by atoms with Gasteiger partial charge >= 0.3 is 5.97 Å². The van der Waals surface area contributed by atoms with Crippen molar-refractivity contribution in [2.75, 3.05) is 0 Å². The van der Waals surface area contributed by atoms with Crippen LogP contribution in [0.15, 0.2) is 60.7 Å². The van der Waals surface area contributed by atoms with Gasteiger partial charge < -0.3 is 5.11 Å². The summed E-state index contributed by atoms with van der Waals surface area (Å²) >= 11 is 0. The van der Waals surface area contributed by atoms with E-state index in [1.54, 1.807) is 48.6 Å². The molecule has 2 rings (SSSR count). The van der Waals surface area contributed by atoms with E-state index in [-0.39, 0.29) is 5.56 Å². The largest absolute Gasteiger partial charge is 0.478 e. The second-order valence-electron chi connectivity index (χ2n) is 4.38. The van der Waals surface area contributed by atoms with E-state index in [4.69, 9.17) is 10.4 Å². The van der Waals surface area contributed by atoms with E-state index in [9.17, 15) is 4.79 Å². The summed E-state index contributed by atoms with van der Waals surface area (Å²) in [5.74, 6) is 10.2. The predicted molar refractivity (Wildman–Crippen MR) is 87.5 cm³/mol. The Kier molecular flexibility index (Phi) is 5.37. The van der Waals surface area contributed by atoms with Crippen LogP contribution in [-0.2, 0) is 0 Å². The monoisotopic (exact) mass is 297 g/mol. The Labute approximate surface area is 134 Å². The molecule has 2 aromatic carbocycles. The van der Waals surface area contributed by atoms with Gasteiger partial charge in [-0.15, -0.1) is 0 Å². The van der Waals surface area contributed by atoms with Crippen molar-refractivity contribution < 1.29 is 9.90 Å². The maximum atomic E-state index is 11.0. The van der Waals surface area contributed by atoms with Crippen molar-refractivity contribution in [3.05, 3.63) is 82.9 Å². The van der Waals surface area contributed by atoms with Gasteiger partial charge in [-0.3, -0.25) is 0 Å². The number of carboxylic acid groups (broad SMARTS) is 1. The number of hydrogen-bond acceptors (Lipinski definition) is 2. The minimum atomic E-state index is -1.01. The van der Waals surface area contributed by atoms with E-state index >= 15 is 0 Å². The molecule has 0 aliphatic carbocycles. The average molecular weight is 297 g/mol. The summed E-state index contributed by atoms with van der Waals surface area (Å²) < 4.78 is 0. The normalized spacial score (nSPS) is 9.17. The fraction of sp³-hybridized carbons (Fsp3) is 0. The number of allylic oxidation sites excluding steroid dienone is 2. The number of carbonyl (C=O) groups is 1. The van der Waals surface area contributed by atoms with Crippen molar-refractivity contribution >= 4 is 5.97 Å². The third kappa shape index (κ3) is 4.36. The van der Waals surface area contributed by atoms with E-state index < -0.39 is 5.97 Å². The molecule has 0 unspecified atom stereocenters. The molecule has 0 spiro atoms. The van der Waals surface area contributed by atoms with Crippen LogP contribution >= 0.6 is 0 Å². The fourth-order valence-corrected chi connectivity index (χ4v) is 1.79. The molecule has 2 aromatic rings. The molecule has 0 heterocycles. The van der Waals surface area contributed by atoms with Crippen LogP contribution in [0.4, 0.5) is 0 Å². The van der Waals surface area contributed by atoms with Gasteiger partial charge in [0, 0.05) is 11.1 Å². The number of aromatic carboxylic acids is 1. The van der Waals surface area contributed by atoms with Crippen molar-refractivity contribution in [3.63, 3.8) is 0 Å². The second kappa shape index (κ2) is 7.89. The minimum absolute atomic E-state index is 0.169. The number of benzene rings is 2. The molecule has 0 aliphatic heterocycles. The van der Waals surface area contributed by atoms with Crippen LogP contribution in [0.1, 0.15) is 27.0 Å². The lowest BCUT2D eigenvalue weighted by atomic mass is 10.1. The first-order valence-corrected chi connectivity index (χ1v) is 6.72. The van der Waals surface area contributed by atoms with Gasteiger partial charge in [0.1, 0.15) is 6.07 Å². The van der Waals surface area contributed by atoms with Crippen LogP contribution < -0.4 is 0 Å². The van der Waals surface area contributed by atoms with Crippen LogP contribution in [0.25, 0.3) is 0 Å². The lowest BCUT2D eigenvalue weighted by Crippen LogP contribution is -1.98. The van der Waals surface area contributed by atoms with E-state index in [1.807, 2.05) is 6.07 Å². The molecular weight excluding hydrogens is 286 g/mol. The number of hydrogen-bond donors (Lipinski definition) is 1. The lowest BCUT2D eigenvalue weighted by molar-refractivity contribution is 0.0696. The fourth-order valence-electron chi connectivity index (χ4n) is 1.79. The molecule has 0 saturated carbocycles. The molecule has 23 heavy (non-hydrogen) atoms. The highest BCUT2D eigenvalue weighted by molar-refractivity contribution is 5.90. The van der Waals surface area contributed by atoms with Crippen molar-refractivity contribution in [1.29, 1.82) is 5.26 Å². The molecule has 3 heteroatoms. The number of rotatable bonds is 1. The molecule has 3 nitrogen and oxygen atoms in total. The zero-order valence-corrected chi connectivity index (χ0v) is 12.1. The highest BCUT2D eigenvalue weighted by Crippen LogP contribution is 2.07. The standard InChI is InChI=1S/C20H11NO2/c21-15-18-13-6-5-10-16(18)9-3-1-2-4-11-17-12-7-8-14-19(17)20(22)23/h1-2,5-8,10,12-14H,(H,22,23). The number of carboxylic acids is 1. The van der Waals surface area contributed by atoms with E-state index in [0.29, 0.717) is 16.7 Å².